The zero-order valence-electron chi connectivity index (χ0n) is 11.0. The molecular weight excluding hydrogens is 216 g/mol. The molecule has 1 aromatic rings. The van der Waals surface area contributed by atoms with E-state index in [4.69, 9.17) is 10.2 Å². The van der Waals surface area contributed by atoms with Gasteiger partial charge in [0.1, 0.15) is 11.5 Å². The summed E-state index contributed by atoms with van der Waals surface area (Å²) in [6.45, 7) is 7.61. The molecule has 4 nitrogen and oxygen atoms in total. The number of hydrogen-bond donors (Lipinski definition) is 2. The van der Waals surface area contributed by atoms with Crippen molar-refractivity contribution in [2.45, 2.75) is 52.1 Å². The molecule has 0 saturated carbocycles. The van der Waals surface area contributed by atoms with E-state index in [0.717, 1.165) is 11.5 Å². The molecule has 1 rings (SSSR count). The molecule has 0 aliphatic carbocycles. The SMILES string of the molecule is CCC(N)(CC)C(=O)NC(C)c1ccc(C)o1. The highest BCUT2D eigenvalue weighted by Gasteiger charge is 2.31. The average Bonchev–Trinajstić information content (AvgIpc) is 2.74. The van der Waals surface area contributed by atoms with Crippen LogP contribution in [0.5, 0.6) is 0 Å². The van der Waals surface area contributed by atoms with Crippen molar-refractivity contribution in [1.82, 2.24) is 5.32 Å². The molecule has 4 heteroatoms. The Labute approximate surface area is 103 Å². The van der Waals surface area contributed by atoms with Crippen molar-refractivity contribution < 1.29 is 9.21 Å². The molecule has 1 heterocycles. The number of amides is 1. The molecule has 1 amide bonds. The first kappa shape index (κ1) is 13.8. The number of carbonyl (C=O) groups is 1. The number of aryl methyl sites for hydroxylation is 1. The van der Waals surface area contributed by atoms with Crippen LogP contribution in [0, 0.1) is 6.92 Å². The molecule has 0 aliphatic rings. The van der Waals surface area contributed by atoms with E-state index < -0.39 is 5.54 Å². The second kappa shape index (κ2) is 5.36. The van der Waals surface area contributed by atoms with Crippen LogP contribution in [0.1, 0.15) is 51.2 Å². The highest BCUT2D eigenvalue weighted by atomic mass is 16.3. The number of hydrogen-bond acceptors (Lipinski definition) is 3. The molecule has 0 fully saturated rings. The van der Waals surface area contributed by atoms with Crippen molar-refractivity contribution in [2.75, 3.05) is 0 Å². The Morgan fingerprint density at radius 1 is 1.47 bits per heavy atom. The van der Waals surface area contributed by atoms with Gasteiger partial charge in [-0.1, -0.05) is 13.8 Å². The molecule has 3 N–H and O–H groups in total. The third-order valence-corrected chi connectivity index (χ3v) is 3.25. The number of furan rings is 1. The average molecular weight is 238 g/mol. The first-order valence-electron chi connectivity index (χ1n) is 6.09. The Bertz CT molecular complexity index is 381. The molecular formula is C13H22N2O2. The monoisotopic (exact) mass is 238 g/mol. The van der Waals surface area contributed by atoms with E-state index in [2.05, 4.69) is 5.32 Å². The second-order valence-corrected chi connectivity index (χ2v) is 4.51. The summed E-state index contributed by atoms with van der Waals surface area (Å²) in [4.78, 5) is 12.0. The highest BCUT2D eigenvalue weighted by molar-refractivity contribution is 5.86. The summed E-state index contributed by atoms with van der Waals surface area (Å²) >= 11 is 0. The Kier molecular flexibility index (Phi) is 4.34. The maximum absolute atomic E-state index is 12.0. The molecule has 0 aromatic carbocycles. The first-order valence-corrected chi connectivity index (χ1v) is 6.09. The fourth-order valence-corrected chi connectivity index (χ4v) is 1.67. The van der Waals surface area contributed by atoms with Gasteiger partial charge in [-0.15, -0.1) is 0 Å². The Morgan fingerprint density at radius 3 is 2.47 bits per heavy atom. The number of nitrogens with two attached hydrogens (primary N) is 1. The molecule has 1 atom stereocenters. The molecule has 0 bridgehead atoms. The van der Waals surface area contributed by atoms with E-state index in [1.165, 1.54) is 0 Å². The minimum Gasteiger partial charge on any atom is -0.464 e. The minimum atomic E-state index is -0.782. The lowest BCUT2D eigenvalue weighted by Crippen LogP contribution is -2.53. The largest absolute Gasteiger partial charge is 0.464 e. The van der Waals surface area contributed by atoms with Gasteiger partial charge in [-0.2, -0.15) is 0 Å². The molecule has 0 aliphatic heterocycles. The standard InChI is InChI=1S/C13H22N2O2/c1-5-13(14,6-2)12(16)15-10(4)11-8-7-9(3)17-11/h7-8,10H,5-6,14H2,1-4H3,(H,15,16). The summed E-state index contributed by atoms with van der Waals surface area (Å²) in [6.07, 6.45) is 1.25. The fourth-order valence-electron chi connectivity index (χ4n) is 1.67. The number of carbonyl (C=O) groups excluding carboxylic acids is 1. The Morgan fingerprint density at radius 2 is 2.06 bits per heavy atom. The van der Waals surface area contributed by atoms with Crippen molar-refractivity contribution in [3.05, 3.63) is 23.7 Å². The quantitative estimate of drug-likeness (QED) is 0.827. The van der Waals surface area contributed by atoms with Gasteiger partial charge in [0.25, 0.3) is 0 Å². The van der Waals surface area contributed by atoms with Gasteiger partial charge in [-0.3, -0.25) is 4.79 Å². The first-order chi connectivity index (χ1) is 7.92. The van der Waals surface area contributed by atoms with Crippen LogP contribution in [0.3, 0.4) is 0 Å². The molecule has 1 aromatic heterocycles. The van der Waals surface area contributed by atoms with Crippen LogP contribution in [0.15, 0.2) is 16.5 Å². The molecule has 0 saturated heterocycles. The van der Waals surface area contributed by atoms with Crippen LogP contribution in [0.25, 0.3) is 0 Å². The van der Waals surface area contributed by atoms with E-state index in [1.54, 1.807) is 0 Å². The van der Waals surface area contributed by atoms with E-state index in [-0.39, 0.29) is 11.9 Å². The number of rotatable bonds is 5. The Balaban J connectivity index is 2.69. The van der Waals surface area contributed by atoms with Gasteiger partial charge in [0, 0.05) is 0 Å². The molecule has 1 unspecified atom stereocenters. The van der Waals surface area contributed by atoms with Gasteiger partial charge in [0.15, 0.2) is 0 Å². The van der Waals surface area contributed by atoms with Crippen molar-refractivity contribution in [2.24, 2.45) is 5.73 Å². The highest BCUT2D eigenvalue weighted by Crippen LogP contribution is 2.18. The predicted octanol–water partition coefficient (Wildman–Crippen LogP) is 2.28. The lowest BCUT2D eigenvalue weighted by Gasteiger charge is -2.26. The maximum Gasteiger partial charge on any atom is 0.240 e. The van der Waals surface area contributed by atoms with Crippen LogP contribution in [-0.2, 0) is 4.79 Å². The summed E-state index contributed by atoms with van der Waals surface area (Å²) < 4.78 is 5.47. The third-order valence-electron chi connectivity index (χ3n) is 3.25. The van der Waals surface area contributed by atoms with E-state index >= 15 is 0 Å². The van der Waals surface area contributed by atoms with E-state index in [1.807, 2.05) is 39.8 Å². The van der Waals surface area contributed by atoms with E-state index in [9.17, 15) is 4.79 Å². The lowest BCUT2D eigenvalue weighted by atomic mass is 9.93. The van der Waals surface area contributed by atoms with Crippen molar-refractivity contribution in [3.8, 4) is 0 Å². The van der Waals surface area contributed by atoms with Crippen LogP contribution < -0.4 is 11.1 Å². The van der Waals surface area contributed by atoms with Gasteiger partial charge in [-0.05, 0) is 38.8 Å². The Hall–Kier alpha value is -1.29. The summed E-state index contributed by atoms with van der Waals surface area (Å²) in [5.41, 5.74) is 5.25. The van der Waals surface area contributed by atoms with Crippen LogP contribution in [-0.4, -0.2) is 11.4 Å². The number of nitrogens with one attached hydrogen (secondary N) is 1. The summed E-state index contributed by atoms with van der Waals surface area (Å²) in [6, 6.07) is 3.60. The topological polar surface area (TPSA) is 68.3 Å². The zero-order valence-corrected chi connectivity index (χ0v) is 11.0. The van der Waals surface area contributed by atoms with Gasteiger partial charge in [0.05, 0.1) is 11.6 Å². The summed E-state index contributed by atoms with van der Waals surface area (Å²) in [5.74, 6) is 1.47. The second-order valence-electron chi connectivity index (χ2n) is 4.51. The fraction of sp³-hybridized carbons (Fsp3) is 0.615. The predicted molar refractivity (Wildman–Crippen MR) is 67.5 cm³/mol. The lowest BCUT2D eigenvalue weighted by molar-refractivity contribution is -0.127. The minimum absolute atomic E-state index is 0.121. The van der Waals surface area contributed by atoms with Gasteiger partial charge in [-0.25, -0.2) is 0 Å². The van der Waals surface area contributed by atoms with Crippen molar-refractivity contribution >= 4 is 5.91 Å². The third kappa shape index (κ3) is 3.09. The molecule has 0 spiro atoms. The molecule has 96 valence electrons. The molecule has 0 radical (unpaired) electrons. The van der Waals surface area contributed by atoms with Gasteiger partial charge >= 0.3 is 0 Å². The molecule has 17 heavy (non-hydrogen) atoms. The maximum atomic E-state index is 12.0. The van der Waals surface area contributed by atoms with Gasteiger partial charge in [0.2, 0.25) is 5.91 Å². The van der Waals surface area contributed by atoms with Crippen molar-refractivity contribution in [3.63, 3.8) is 0 Å². The zero-order chi connectivity index (χ0) is 13.1. The van der Waals surface area contributed by atoms with E-state index in [0.29, 0.717) is 12.8 Å². The normalized spacial score (nSPS) is 13.5. The van der Waals surface area contributed by atoms with Crippen molar-refractivity contribution in [1.29, 1.82) is 0 Å². The summed E-state index contributed by atoms with van der Waals surface area (Å²) in [5, 5.41) is 2.89. The van der Waals surface area contributed by atoms with Crippen LogP contribution in [0.4, 0.5) is 0 Å². The van der Waals surface area contributed by atoms with Gasteiger partial charge < -0.3 is 15.5 Å². The summed E-state index contributed by atoms with van der Waals surface area (Å²) in [7, 11) is 0. The smallest absolute Gasteiger partial charge is 0.240 e. The van der Waals surface area contributed by atoms with Crippen LogP contribution >= 0.6 is 0 Å². The van der Waals surface area contributed by atoms with Crippen LogP contribution in [0.2, 0.25) is 0 Å².